The summed E-state index contributed by atoms with van der Waals surface area (Å²) in [5.41, 5.74) is 0.158. The van der Waals surface area contributed by atoms with Gasteiger partial charge in [-0.25, -0.2) is 0 Å². The van der Waals surface area contributed by atoms with E-state index in [2.05, 4.69) is 22.0 Å². The number of ether oxygens (including phenoxy) is 1. The van der Waals surface area contributed by atoms with E-state index in [0.29, 0.717) is 10.8 Å². The number of nitrogens with zero attached hydrogens (tertiary/aromatic N) is 1. The lowest BCUT2D eigenvalue weighted by molar-refractivity contribution is 0.400. The summed E-state index contributed by atoms with van der Waals surface area (Å²) in [6, 6.07) is 5.73. The minimum Gasteiger partial charge on any atom is -0.495 e. The molecule has 0 saturated heterocycles. The molecule has 0 heterocycles. The van der Waals surface area contributed by atoms with E-state index in [9.17, 15) is 0 Å². The predicted octanol–water partition coefficient (Wildman–Crippen LogP) is 3.91. The summed E-state index contributed by atoms with van der Waals surface area (Å²) in [4.78, 5) is 0. The first kappa shape index (κ1) is 12.4. The minimum absolute atomic E-state index is 0.584. The third kappa shape index (κ3) is 2.45. The lowest BCUT2D eigenvalue weighted by Crippen LogP contribution is -2.15. The Kier molecular flexibility index (Phi) is 3.64. The Morgan fingerprint density at radius 3 is 2.53 bits per heavy atom. The molecule has 0 aliphatic rings. The second-order valence-corrected chi connectivity index (χ2v) is 5.00. The number of hydrogen-bond acceptors (Lipinski definition) is 2. The van der Waals surface area contributed by atoms with Crippen molar-refractivity contribution in [2.75, 3.05) is 7.11 Å². The molecule has 0 aromatic heterocycles. The highest BCUT2D eigenvalue weighted by atomic mass is 79.9. The molecule has 0 aliphatic carbocycles. The van der Waals surface area contributed by atoms with Crippen LogP contribution in [0.15, 0.2) is 16.6 Å². The van der Waals surface area contributed by atoms with Gasteiger partial charge in [0.25, 0.3) is 0 Å². The molecular formula is C11H11BrClNO. The highest BCUT2D eigenvalue weighted by Gasteiger charge is 2.26. The molecule has 0 bridgehead atoms. The van der Waals surface area contributed by atoms with Gasteiger partial charge in [-0.15, -0.1) is 0 Å². The fourth-order valence-electron chi connectivity index (χ4n) is 1.29. The van der Waals surface area contributed by atoms with Crippen molar-refractivity contribution < 1.29 is 4.74 Å². The molecule has 0 fully saturated rings. The van der Waals surface area contributed by atoms with Crippen molar-refractivity contribution in [2.24, 2.45) is 0 Å². The number of hydrogen-bond donors (Lipinski definition) is 0. The summed E-state index contributed by atoms with van der Waals surface area (Å²) < 4.78 is 6.02. The Hall–Kier alpha value is -0.720. The van der Waals surface area contributed by atoms with Crippen LogP contribution in [0, 0.1) is 11.3 Å². The molecule has 15 heavy (non-hydrogen) atoms. The average Bonchev–Trinajstić information content (AvgIpc) is 2.16. The van der Waals surface area contributed by atoms with Gasteiger partial charge >= 0.3 is 0 Å². The van der Waals surface area contributed by atoms with Gasteiger partial charge in [0.05, 0.1) is 23.1 Å². The van der Waals surface area contributed by atoms with Crippen LogP contribution in [-0.4, -0.2) is 7.11 Å². The summed E-state index contributed by atoms with van der Waals surface area (Å²) in [5, 5.41) is 9.67. The summed E-state index contributed by atoms with van der Waals surface area (Å²) in [7, 11) is 1.57. The van der Waals surface area contributed by atoms with Crippen LogP contribution in [0.25, 0.3) is 0 Å². The molecule has 0 atom stereocenters. The first-order valence-corrected chi connectivity index (χ1v) is 5.54. The topological polar surface area (TPSA) is 33.0 Å². The van der Waals surface area contributed by atoms with Crippen molar-refractivity contribution in [2.45, 2.75) is 19.3 Å². The van der Waals surface area contributed by atoms with Gasteiger partial charge in [0.15, 0.2) is 0 Å². The Bertz CT molecular complexity index is 423. The fourth-order valence-corrected chi connectivity index (χ4v) is 2.26. The second-order valence-electron chi connectivity index (χ2n) is 3.71. The highest BCUT2D eigenvalue weighted by Crippen LogP contribution is 2.39. The minimum atomic E-state index is -0.626. The predicted molar refractivity (Wildman–Crippen MR) is 64.3 cm³/mol. The number of rotatable bonds is 2. The van der Waals surface area contributed by atoms with Crippen LogP contribution < -0.4 is 4.74 Å². The van der Waals surface area contributed by atoms with Crippen LogP contribution >= 0.6 is 27.5 Å². The maximum absolute atomic E-state index is 9.09. The lowest BCUT2D eigenvalue weighted by Gasteiger charge is -2.20. The smallest absolute Gasteiger partial charge is 0.137 e. The molecule has 4 heteroatoms. The van der Waals surface area contributed by atoms with E-state index < -0.39 is 5.41 Å². The van der Waals surface area contributed by atoms with Crippen LogP contribution in [0.4, 0.5) is 0 Å². The van der Waals surface area contributed by atoms with Crippen molar-refractivity contribution in [3.63, 3.8) is 0 Å². The van der Waals surface area contributed by atoms with Gasteiger partial charge in [0, 0.05) is 10.6 Å². The average molecular weight is 289 g/mol. The van der Waals surface area contributed by atoms with Crippen molar-refractivity contribution in [3.05, 3.63) is 27.2 Å². The van der Waals surface area contributed by atoms with Crippen LogP contribution in [0.5, 0.6) is 5.75 Å². The van der Waals surface area contributed by atoms with Crippen LogP contribution in [0.3, 0.4) is 0 Å². The van der Waals surface area contributed by atoms with Gasteiger partial charge in [0.1, 0.15) is 5.75 Å². The number of nitriles is 1. The number of halogens is 2. The quantitative estimate of drug-likeness (QED) is 0.826. The Morgan fingerprint density at radius 2 is 2.07 bits per heavy atom. The van der Waals surface area contributed by atoms with E-state index in [1.54, 1.807) is 19.2 Å². The third-order valence-corrected chi connectivity index (χ3v) is 2.97. The number of methoxy groups -OCH3 is 1. The van der Waals surface area contributed by atoms with E-state index >= 15 is 0 Å². The van der Waals surface area contributed by atoms with Crippen LogP contribution in [-0.2, 0) is 5.41 Å². The molecule has 1 rings (SSSR count). The summed E-state index contributed by atoms with van der Waals surface area (Å²) in [6.45, 7) is 3.65. The fraction of sp³-hybridized carbons (Fsp3) is 0.364. The zero-order valence-corrected chi connectivity index (χ0v) is 11.1. The molecule has 2 nitrogen and oxygen atoms in total. The zero-order chi connectivity index (χ0) is 11.6. The first-order valence-electron chi connectivity index (χ1n) is 4.37. The molecule has 0 radical (unpaired) electrons. The molecule has 0 aliphatic heterocycles. The molecule has 1 aromatic rings. The SMILES string of the molecule is COc1c(Br)cc(Cl)cc1C(C)(C)C#N. The molecule has 80 valence electrons. The summed E-state index contributed by atoms with van der Waals surface area (Å²) in [5.74, 6) is 0.658. The molecule has 0 saturated carbocycles. The molecule has 0 spiro atoms. The molecular weight excluding hydrogens is 277 g/mol. The molecule has 0 amide bonds. The Morgan fingerprint density at radius 1 is 1.47 bits per heavy atom. The summed E-state index contributed by atoms with van der Waals surface area (Å²) in [6.07, 6.45) is 0. The van der Waals surface area contributed by atoms with Crippen molar-refractivity contribution >= 4 is 27.5 Å². The Labute approximate surface area is 103 Å². The van der Waals surface area contributed by atoms with Gasteiger partial charge in [-0.3, -0.25) is 0 Å². The monoisotopic (exact) mass is 287 g/mol. The van der Waals surface area contributed by atoms with Gasteiger partial charge in [-0.1, -0.05) is 11.6 Å². The second kappa shape index (κ2) is 4.42. The maximum Gasteiger partial charge on any atom is 0.137 e. The van der Waals surface area contributed by atoms with E-state index in [1.165, 1.54) is 0 Å². The van der Waals surface area contributed by atoms with E-state index in [4.69, 9.17) is 21.6 Å². The van der Waals surface area contributed by atoms with Crippen molar-refractivity contribution in [1.29, 1.82) is 5.26 Å². The van der Waals surface area contributed by atoms with Gasteiger partial charge < -0.3 is 4.74 Å². The third-order valence-electron chi connectivity index (χ3n) is 2.17. The molecule has 0 N–H and O–H groups in total. The largest absolute Gasteiger partial charge is 0.495 e. The molecule has 0 unspecified atom stereocenters. The van der Waals surface area contributed by atoms with Gasteiger partial charge in [-0.05, 0) is 41.9 Å². The zero-order valence-electron chi connectivity index (χ0n) is 8.77. The van der Waals surface area contributed by atoms with Crippen LogP contribution in [0.1, 0.15) is 19.4 Å². The van der Waals surface area contributed by atoms with Gasteiger partial charge in [-0.2, -0.15) is 5.26 Å². The molecule has 1 aromatic carbocycles. The van der Waals surface area contributed by atoms with Crippen molar-refractivity contribution in [1.82, 2.24) is 0 Å². The van der Waals surface area contributed by atoms with E-state index in [0.717, 1.165) is 10.0 Å². The van der Waals surface area contributed by atoms with Crippen molar-refractivity contribution in [3.8, 4) is 11.8 Å². The van der Waals surface area contributed by atoms with Crippen LogP contribution in [0.2, 0.25) is 5.02 Å². The van der Waals surface area contributed by atoms with Gasteiger partial charge in [0.2, 0.25) is 0 Å². The van der Waals surface area contributed by atoms with E-state index in [-0.39, 0.29) is 0 Å². The summed E-state index contributed by atoms with van der Waals surface area (Å²) >= 11 is 9.31. The van der Waals surface area contributed by atoms with E-state index in [1.807, 2.05) is 13.8 Å². The highest BCUT2D eigenvalue weighted by molar-refractivity contribution is 9.10. The number of benzene rings is 1. The normalized spacial score (nSPS) is 10.9. The Balaban J connectivity index is 3.47. The standard InChI is InChI=1S/C11H11BrClNO/c1-11(2,6-14)8-4-7(13)5-9(12)10(8)15-3/h4-5H,1-3H3. The lowest BCUT2D eigenvalue weighted by atomic mass is 9.86. The maximum atomic E-state index is 9.09. The first-order chi connectivity index (χ1) is 6.92.